The van der Waals surface area contributed by atoms with Crippen molar-refractivity contribution in [2.45, 2.75) is 52.0 Å². The van der Waals surface area contributed by atoms with Crippen LogP contribution in [0.4, 0.5) is 0 Å². The molecule has 1 saturated carbocycles. The third-order valence-corrected chi connectivity index (χ3v) is 5.47. The molecular weight excluding hydrogens is 282 g/mol. The molecule has 0 aromatic heterocycles. The Labute approximate surface area is 119 Å². The van der Waals surface area contributed by atoms with Crippen molar-refractivity contribution in [2.24, 2.45) is 5.41 Å². The van der Waals surface area contributed by atoms with Crippen molar-refractivity contribution in [2.75, 3.05) is 11.5 Å². The van der Waals surface area contributed by atoms with Crippen molar-refractivity contribution in [1.29, 1.82) is 0 Å². The first-order valence-electron chi connectivity index (χ1n) is 6.93. The largest absolute Gasteiger partial charge is 0.481 e. The fourth-order valence-corrected chi connectivity index (χ4v) is 4.26. The Balaban J connectivity index is 2.53. The topological polar surface area (TPSA) is 101 Å². The molecule has 0 aromatic rings. The normalized spacial score (nSPS) is 16.9. The minimum Gasteiger partial charge on any atom is -0.481 e. The van der Waals surface area contributed by atoms with Gasteiger partial charge in [-0.25, -0.2) is 8.42 Å². The number of sulfone groups is 1. The van der Waals surface area contributed by atoms with Gasteiger partial charge in [-0.1, -0.05) is 13.8 Å². The predicted octanol–water partition coefficient (Wildman–Crippen LogP) is 0.961. The van der Waals surface area contributed by atoms with Crippen molar-refractivity contribution in [3.8, 4) is 0 Å². The lowest BCUT2D eigenvalue weighted by molar-refractivity contribution is -0.138. The van der Waals surface area contributed by atoms with E-state index < -0.39 is 32.9 Å². The summed E-state index contributed by atoms with van der Waals surface area (Å²) in [6, 6.07) is -0.00777. The summed E-state index contributed by atoms with van der Waals surface area (Å²) in [7, 11) is -3.56. The minimum absolute atomic E-state index is 0.00777. The molecular formula is C13H23NO5S. The number of carboxylic acid groups (broad SMARTS) is 1. The Morgan fingerprint density at radius 3 is 2.20 bits per heavy atom. The van der Waals surface area contributed by atoms with Crippen molar-refractivity contribution >= 4 is 21.7 Å². The van der Waals surface area contributed by atoms with Crippen molar-refractivity contribution in [3.63, 3.8) is 0 Å². The maximum absolute atomic E-state index is 12.0. The molecule has 116 valence electrons. The standard InChI is InChI=1S/C13H23NO5S/c1-3-10(4-2)14-11(15)8-20(18,19)9-13(5-6-13)7-12(16)17/h10H,3-9H2,1-2H3,(H,14,15)(H,16,17). The van der Waals surface area contributed by atoms with E-state index in [1.807, 2.05) is 13.8 Å². The predicted molar refractivity (Wildman–Crippen MR) is 75.1 cm³/mol. The number of carbonyl (C=O) groups is 2. The van der Waals surface area contributed by atoms with Gasteiger partial charge in [0.15, 0.2) is 9.84 Å². The van der Waals surface area contributed by atoms with Crippen LogP contribution >= 0.6 is 0 Å². The van der Waals surface area contributed by atoms with Crippen molar-refractivity contribution < 1.29 is 23.1 Å². The quantitative estimate of drug-likeness (QED) is 0.661. The molecule has 1 fully saturated rings. The average molecular weight is 305 g/mol. The molecule has 2 N–H and O–H groups in total. The van der Waals surface area contributed by atoms with E-state index in [4.69, 9.17) is 5.11 Å². The van der Waals surface area contributed by atoms with Crippen LogP contribution in [0.15, 0.2) is 0 Å². The van der Waals surface area contributed by atoms with Crippen molar-refractivity contribution in [1.82, 2.24) is 5.32 Å². The Morgan fingerprint density at radius 2 is 1.80 bits per heavy atom. The lowest BCUT2D eigenvalue weighted by Crippen LogP contribution is -2.39. The van der Waals surface area contributed by atoms with Gasteiger partial charge in [-0.05, 0) is 31.1 Å². The van der Waals surface area contributed by atoms with E-state index in [2.05, 4.69) is 5.32 Å². The van der Waals surface area contributed by atoms with Crippen LogP contribution in [0.5, 0.6) is 0 Å². The molecule has 0 saturated heterocycles. The van der Waals surface area contributed by atoms with E-state index in [0.717, 1.165) is 12.8 Å². The highest BCUT2D eigenvalue weighted by molar-refractivity contribution is 7.92. The number of carbonyl (C=O) groups excluding carboxylic acids is 1. The van der Waals surface area contributed by atoms with E-state index in [1.54, 1.807) is 0 Å². The highest BCUT2D eigenvalue weighted by Gasteiger charge is 2.47. The summed E-state index contributed by atoms with van der Waals surface area (Å²) in [4.78, 5) is 22.4. The summed E-state index contributed by atoms with van der Waals surface area (Å²) in [5.41, 5.74) is -0.639. The highest BCUT2D eigenvalue weighted by atomic mass is 32.2. The third kappa shape index (κ3) is 5.48. The second-order valence-corrected chi connectivity index (χ2v) is 7.75. The molecule has 0 unspecified atom stereocenters. The number of aliphatic carboxylic acids is 1. The number of nitrogens with one attached hydrogen (secondary N) is 1. The average Bonchev–Trinajstić information content (AvgIpc) is 3.02. The highest BCUT2D eigenvalue weighted by Crippen LogP contribution is 2.49. The van der Waals surface area contributed by atoms with E-state index in [9.17, 15) is 18.0 Å². The van der Waals surface area contributed by atoms with E-state index in [0.29, 0.717) is 12.8 Å². The molecule has 1 amide bonds. The van der Waals surface area contributed by atoms with Gasteiger partial charge >= 0.3 is 5.97 Å². The van der Waals surface area contributed by atoms with Gasteiger partial charge in [0.2, 0.25) is 5.91 Å². The molecule has 1 rings (SSSR count). The monoisotopic (exact) mass is 305 g/mol. The lowest BCUT2D eigenvalue weighted by atomic mass is 10.1. The van der Waals surface area contributed by atoms with Gasteiger partial charge in [0.1, 0.15) is 5.75 Å². The Bertz CT molecular complexity index is 463. The lowest BCUT2D eigenvalue weighted by Gasteiger charge is -2.16. The second-order valence-electron chi connectivity index (χ2n) is 5.68. The fraction of sp³-hybridized carbons (Fsp3) is 0.846. The van der Waals surface area contributed by atoms with Gasteiger partial charge in [-0.15, -0.1) is 0 Å². The summed E-state index contributed by atoms with van der Waals surface area (Å²) < 4.78 is 24.0. The van der Waals surface area contributed by atoms with Crippen molar-refractivity contribution in [3.05, 3.63) is 0 Å². The van der Waals surface area contributed by atoms with Gasteiger partial charge in [0.25, 0.3) is 0 Å². The van der Waals surface area contributed by atoms with Crippen LogP contribution in [0.1, 0.15) is 46.0 Å². The molecule has 0 heterocycles. The van der Waals surface area contributed by atoms with Crippen LogP contribution in [0, 0.1) is 5.41 Å². The number of hydrogen-bond donors (Lipinski definition) is 2. The molecule has 0 spiro atoms. The number of hydrogen-bond acceptors (Lipinski definition) is 4. The third-order valence-electron chi connectivity index (χ3n) is 3.71. The number of amides is 1. The number of carboxylic acids is 1. The van der Waals surface area contributed by atoms with E-state index >= 15 is 0 Å². The first kappa shape index (κ1) is 16.9. The van der Waals surface area contributed by atoms with Crippen LogP contribution < -0.4 is 5.32 Å². The van der Waals surface area contributed by atoms with Gasteiger partial charge in [0.05, 0.1) is 12.2 Å². The van der Waals surface area contributed by atoms with Crippen LogP contribution in [-0.2, 0) is 19.4 Å². The van der Waals surface area contributed by atoms with Crippen LogP contribution in [0.2, 0.25) is 0 Å². The fourth-order valence-electron chi connectivity index (χ4n) is 2.35. The Hall–Kier alpha value is -1.11. The second kappa shape index (κ2) is 6.56. The first-order valence-corrected chi connectivity index (χ1v) is 8.75. The molecule has 0 atom stereocenters. The Kier molecular flexibility index (Phi) is 5.56. The summed E-state index contributed by atoms with van der Waals surface area (Å²) >= 11 is 0. The zero-order chi connectivity index (χ0) is 15.4. The molecule has 1 aliphatic rings. The smallest absolute Gasteiger partial charge is 0.303 e. The zero-order valence-corrected chi connectivity index (χ0v) is 12.8. The maximum Gasteiger partial charge on any atom is 0.303 e. The van der Waals surface area contributed by atoms with Crippen LogP contribution in [0.3, 0.4) is 0 Å². The zero-order valence-electron chi connectivity index (χ0n) is 12.0. The van der Waals surface area contributed by atoms with E-state index in [-0.39, 0.29) is 18.2 Å². The van der Waals surface area contributed by atoms with Gasteiger partial charge in [-0.3, -0.25) is 9.59 Å². The minimum atomic E-state index is -3.56. The van der Waals surface area contributed by atoms with Gasteiger partial charge in [-0.2, -0.15) is 0 Å². The van der Waals surface area contributed by atoms with Crippen LogP contribution in [0.25, 0.3) is 0 Å². The maximum atomic E-state index is 12.0. The van der Waals surface area contributed by atoms with Crippen LogP contribution in [-0.4, -0.2) is 42.9 Å². The summed E-state index contributed by atoms with van der Waals surface area (Å²) in [6.45, 7) is 3.85. The molecule has 0 aromatic carbocycles. The van der Waals surface area contributed by atoms with E-state index in [1.165, 1.54) is 0 Å². The number of rotatable bonds is 9. The molecule has 1 aliphatic carbocycles. The molecule has 7 heteroatoms. The van der Waals surface area contributed by atoms with Gasteiger partial charge < -0.3 is 10.4 Å². The molecule has 0 radical (unpaired) electrons. The summed E-state index contributed by atoms with van der Waals surface area (Å²) in [6.07, 6.45) is 2.58. The molecule has 6 nitrogen and oxygen atoms in total. The van der Waals surface area contributed by atoms with Gasteiger partial charge in [0, 0.05) is 6.04 Å². The molecule has 0 aliphatic heterocycles. The SMILES string of the molecule is CCC(CC)NC(=O)CS(=O)(=O)CC1(CC(=O)O)CC1. The first-order chi connectivity index (χ1) is 9.22. The molecule has 20 heavy (non-hydrogen) atoms. The summed E-state index contributed by atoms with van der Waals surface area (Å²) in [5, 5.41) is 11.5. The molecule has 0 bridgehead atoms. The Morgan fingerprint density at radius 1 is 1.25 bits per heavy atom. The summed E-state index contributed by atoms with van der Waals surface area (Å²) in [5.74, 6) is -2.24.